The molecule has 0 bridgehead atoms. The van der Waals surface area contributed by atoms with Crippen LogP contribution in [0.4, 0.5) is 0 Å². The van der Waals surface area contributed by atoms with Crippen LogP contribution in [-0.4, -0.2) is 18.3 Å². The summed E-state index contributed by atoms with van der Waals surface area (Å²) in [5, 5.41) is 9.87. The highest BCUT2D eigenvalue weighted by molar-refractivity contribution is 5.60. The largest absolute Gasteiger partial charge is 0.507 e. The van der Waals surface area contributed by atoms with E-state index < -0.39 is 0 Å². The zero-order valence-electron chi connectivity index (χ0n) is 14.3. The molecule has 0 unspecified atom stereocenters. The van der Waals surface area contributed by atoms with E-state index >= 15 is 0 Å². The average molecular weight is 304 g/mol. The van der Waals surface area contributed by atoms with Gasteiger partial charge in [0, 0.05) is 5.56 Å². The Morgan fingerprint density at radius 1 is 1.05 bits per heavy atom. The molecule has 0 aromatic heterocycles. The quantitative estimate of drug-likeness (QED) is 0.466. The molecule has 1 aliphatic rings. The van der Waals surface area contributed by atoms with E-state index in [1.165, 1.54) is 50.5 Å². The van der Waals surface area contributed by atoms with Gasteiger partial charge in [-0.25, -0.2) is 0 Å². The lowest BCUT2D eigenvalue weighted by Gasteiger charge is -2.08. The first kappa shape index (κ1) is 18.8. The van der Waals surface area contributed by atoms with Crippen LogP contribution >= 0.6 is 0 Å². The average Bonchev–Trinajstić information content (AvgIpc) is 3.38. The van der Waals surface area contributed by atoms with Gasteiger partial charge >= 0.3 is 0 Å². The molecule has 0 spiro atoms. The summed E-state index contributed by atoms with van der Waals surface area (Å²) in [5.74, 6) is 0.401. The lowest BCUT2D eigenvalue weighted by atomic mass is 9.99. The van der Waals surface area contributed by atoms with Crippen molar-refractivity contribution in [3.63, 3.8) is 0 Å². The van der Waals surface area contributed by atoms with Crippen LogP contribution in [0.3, 0.4) is 0 Å². The predicted molar refractivity (Wildman–Crippen MR) is 95.3 cm³/mol. The van der Waals surface area contributed by atoms with E-state index in [9.17, 15) is 5.11 Å². The zero-order valence-corrected chi connectivity index (χ0v) is 14.3. The Labute approximate surface area is 136 Å². The molecular formula is C20H32O2. The van der Waals surface area contributed by atoms with E-state index in [2.05, 4.69) is 17.7 Å². The van der Waals surface area contributed by atoms with Crippen molar-refractivity contribution in [2.45, 2.75) is 65.2 Å². The fraction of sp³-hybridized carbons (Fsp3) is 0.600. The van der Waals surface area contributed by atoms with E-state index in [1.54, 1.807) is 6.07 Å². The van der Waals surface area contributed by atoms with Gasteiger partial charge in [0.1, 0.15) is 5.75 Å². The summed E-state index contributed by atoms with van der Waals surface area (Å²) < 4.78 is 4.50. The Bertz CT molecular complexity index is 419. The Balaban J connectivity index is 0.000000714. The minimum absolute atomic E-state index is 0.401. The highest BCUT2D eigenvalue weighted by Gasteiger charge is 2.04. The normalized spacial score (nSPS) is 13.0. The van der Waals surface area contributed by atoms with Crippen molar-refractivity contribution in [2.24, 2.45) is 0 Å². The van der Waals surface area contributed by atoms with Crippen molar-refractivity contribution in [3.8, 4) is 5.75 Å². The monoisotopic (exact) mass is 304 g/mol. The number of allylic oxidation sites excluding steroid dienone is 1. The fourth-order valence-electron chi connectivity index (χ4n) is 2.45. The van der Waals surface area contributed by atoms with Gasteiger partial charge in [-0.2, -0.15) is 0 Å². The highest BCUT2D eigenvalue weighted by atomic mass is 16.6. The molecule has 1 heterocycles. The van der Waals surface area contributed by atoms with Crippen molar-refractivity contribution in [1.82, 2.24) is 0 Å². The second-order valence-corrected chi connectivity index (χ2v) is 5.83. The molecule has 0 atom stereocenters. The summed E-state index contributed by atoms with van der Waals surface area (Å²) >= 11 is 0. The van der Waals surface area contributed by atoms with Gasteiger partial charge in [-0.05, 0) is 31.4 Å². The number of aryl methyl sites for hydroxylation is 1. The first-order chi connectivity index (χ1) is 10.8. The lowest BCUT2D eigenvalue weighted by Crippen LogP contribution is -1.91. The van der Waals surface area contributed by atoms with Crippen LogP contribution in [0, 0.1) is 0 Å². The number of hydrogen-bond donors (Lipinski definition) is 1. The lowest BCUT2D eigenvalue weighted by molar-refractivity contribution is 0.473. The highest BCUT2D eigenvalue weighted by Crippen LogP contribution is 2.24. The number of unbranched alkanes of at least 4 members (excludes halogenated alkanes) is 6. The maximum Gasteiger partial charge on any atom is 0.123 e. The van der Waals surface area contributed by atoms with Gasteiger partial charge in [0.25, 0.3) is 0 Å². The fourth-order valence-corrected chi connectivity index (χ4v) is 2.45. The van der Waals surface area contributed by atoms with Crippen molar-refractivity contribution < 1.29 is 9.84 Å². The van der Waals surface area contributed by atoms with Gasteiger partial charge in [0.15, 0.2) is 0 Å². The second kappa shape index (κ2) is 12.3. The first-order valence-corrected chi connectivity index (χ1v) is 8.80. The minimum Gasteiger partial charge on any atom is -0.507 e. The Kier molecular flexibility index (Phi) is 10.5. The van der Waals surface area contributed by atoms with E-state index in [4.69, 9.17) is 0 Å². The first-order valence-electron chi connectivity index (χ1n) is 8.80. The van der Waals surface area contributed by atoms with E-state index in [-0.39, 0.29) is 0 Å². The van der Waals surface area contributed by atoms with Crippen LogP contribution in [0.25, 0.3) is 6.08 Å². The molecule has 1 aromatic carbocycles. The second-order valence-electron chi connectivity index (χ2n) is 5.83. The predicted octanol–water partition coefficient (Wildman–Crippen LogP) is 5.74. The molecule has 124 valence electrons. The Hall–Kier alpha value is -1.28. The van der Waals surface area contributed by atoms with Gasteiger partial charge in [0.2, 0.25) is 0 Å². The van der Waals surface area contributed by atoms with Crippen LogP contribution in [0.2, 0.25) is 0 Å². The van der Waals surface area contributed by atoms with Crippen molar-refractivity contribution >= 4 is 6.08 Å². The number of rotatable bonds is 9. The third-order valence-corrected chi connectivity index (χ3v) is 3.76. The number of epoxide rings is 1. The zero-order chi connectivity index (χ0) is 16.0. The van der Waals surface area contributed by atoms with E-state index in [0.29, 0.717) is 5.75 Å². The number of ether oxygens (including phenoxy) is 1. The summed E-state index contributed by atoms with van der Waals surface area (Å²) in [6.45, 7) is 6.24. The summed E-state index contributed by atoms with van der Waals surface area (Å²) in [6.07, 6.45) is 14.4. The van der Waals surface area contributed by atoms with Crippen LogP contribution in [0.1, 0.15) is 69.9 Å². The van der Waals surface area contributed by atoms with Crippen molar-refractivity contribution in [3.05, 3.63) is 35.4 Å². The molecule has 0 saturated carbocycles. The van der Waals surface area contributed by atoms with E-state index in [0.717, 1.165) is 25.2 Å². The topological polar surface area (TPSA) is 32.8 Å². The molecule has 0 amide bonds. The molecule has 0 aliphatic carbocycles. The van der Waals surface area contributed by atoms with Gasteiger partial charge < -0.3 is 9.84 Å². The molecule has 1 saturated heterocycles. The number of phenols is 1. The van der Waals surface area contributed by atoms with Gasteiger partial charge in [-0.1, -0.05) is 69.7 Å². The molecule has 2 heteroatoms. The van der Waals surface area contributed by atoms with Crippen molar-refractivity contribution in [2.75, 3.05) is 13.2 Å². The van der Waals surface area contributed by atoms with Gasteiger partial charge in [-0.3, -0.25) is 0 Å². The van der Waals surface area contributed by atoms with Crippen LogP contribution in [-0.2, 0) is 11.2 Å². The molecule has 1 aromatic rings. The maximum atomic E-state index is 9.87. The smallest absolute Gasteiger partial charge is 0.123 e. The van der Waals surface area contributed by atoms with Crippen molar-refractivity contribution in [1.29, 1.82) is 0 Å². The van der Waals surface area contributed by atoms with Crippen LogP contribution in [0.5, 0.6) is 5.75 Å². The summed E-state index contributed by atoms with van der Waals surface area (Å²) in [4.78, 5) is 0. The summed E-state index contributed by atoms with van der Waals surface area (Å²) in [5.41, 5.74) is 2.27. The molecular weight excluding hydrogens is 272 g/mol. The SMILES string of the molecule is C1CO1.CC=Cc1c(O)cccc1CCCCCCCCC. The number of benzene rings is 1. The molecule has 1 aliphatic heterocycles. The number of phenolic OH excluding ortho intramolecular Hbond substituents is 1. The van der Waals surface area contributed by atoms with Crippen LogP contribution < -0.4 is 0 Å². The maximum absolute atomic E-state index is 9.87. The minimum atomic E-state index is 0.401. The summed E-state index contributed by atoms with van der Waals surface area (Å²) in [7, 11) is 0. The van der Waals surface area contributed by atoms with E-state index in [1.807, 2.05) is 25.1 Å². The van der Waals surface area contributed by atoms with Gasteiger partial charge in [0.05, 0.1) is 13.2 Å². The molecule has 22 heavy (non-hydrogen) atoms. The third kappa shape index (κ3) is 8.89. The van der Waals surface area contributed by atoms with Gasteiger partial charge in [-0.15, -0.1) is 0 Å². The number of aromatic hydroxyl groups is 1. The molecule has 1 fully saturated rings. The Morgan fingerprint density at radius 2 is 1.68 bits per heavy atom. The summed E-state index contributed by atoms with van der Waals surface area (Å²) in [6, 6.07) is 5.84. The standard InChI is InChI=1S/C18H28O.C2H4O/c1-3-5-6-7-8-9-10-13-16-14-11-15-18(19)17(16)12-4-2;1-2-3-1/h4,11-12,14-15,19H,3,5-10,13H2,1-2H3;1-2H2. The Morgan fingerprint density at radius 3 is 2.27 bits per heavy atom. The molecule has 2 rings (SSSR count). The molecule has 2 nitrogen and oxygen atoms in total. The third-order valence-electron chi connectivity index (χ3n) is 3.76. The molecule has 1 N–H and O–H groups in total. The molecule has 0 radical (unpaired) electrons. The van der Waals surface area contributed by atoms with Crippen LogP contribution in [0.15, 0.2) is 24.3 Å². The number of hydrogen-bond acceptors (Lipinski definition) is 2.